The zero-order chi connectivity index (χ0) is 16.1. The Morgan fingerprint density at radius 1 is 1.36 bits per heavy atom. The summed E-state index contributed by atoms with van der Waals surface area (Å²) >= 11 is 5.91. The number of hydrogen-bond acceptors (Lipinski definition) is 6. The minimum atomic E-state index is -0.554. The first kappa shape index (κ1) is 15.7. The summed E-state index contributed by atoms with van der Waals surface area (Å²) < 4.78 is 10.3. The van der Waals surface area contributed by atoms with E-state index < -0.39 is 10.9 Å². The fraction of sp³-hybridized carbons (Fsp3) is 0.143. The van der Waals surface area contributed by atoms with E-state index in [2.05, 4.69) is 4.98 Å². The van der Waals surface area contributed by atoms with Gasteiger partial charge in [-0.3, -0.25) is 10.1 Å². The van der Waals surface area contributed by atoms with E-state index in [0.717, 1.165) is 0 Å². The zero-order valence-electron chi connectivity index (χ0n) is 11.5. The van der Waals surface area contributed by atoms with Gasteiger partial charge in [-0.05, 0) is 19.1 Å². The van der Waals surface area contributed by atoms with Crippen LogP contribution in [-0.4, -0.2) is 22.5 Å². The van der Waals surface area contributed by atoms with Gasteiger partial charge < -0.3 is 9.47 Å². The Hall–Kier alpha value is -2.67. The van der Waals surface area contributed by atoms with E-state index in [9.17, 15) is 14.9 Å². The summed E-state index contributed by atoms with van der Waals surface area (Å²) in [5, 5.41) is 10.7. The Labute approximate surface area is 130 Å². The molecule has 0 aliphatic carbocycles. The van der Waals surface area contributed by atoms with Gasteiger partial charge in [0.1, 0.15) is 5.75 Å². The molecule has 1 aromatic carbocycles. The number of aromatic nitrogens is 1. The molecule has 2 aromatic rings. The summed E-state index contributed by atoms with van der Waals surface area (Å²) in [5.74, 6) is -0.0534. The Morgan fingerprint density at radius 3 is 2.68 bits per heavy atom. The molecule has 0 bridgehead atoms. The minimum absolute atomic E-state index is 0.0884. The third-order valence-corrected chi connectivity index (χ3v) is 2.88. The Bertz CT molecular complexity index is 703. The van der Waals surface area contributed by atoms with E-state index in [4.69, 9.17) is 21.1 Å². The molecule has 22 heavy (non-hydrogen) atoms. The van der Waals surface area contributed by atoms with Gasteiger partial charge in [0.2, 0.25) is 5.88 Å². The molecule has 0 fully saturated rings. The van der Waals surface area contributed by atoms with Gasteiger partial charge in [0, 0.05) is 24.4 Å². The van der Waals surface area contributed by atoms with Crippen LogP contribution in [0.25, 0.3) is 0 Å². The van der Waals surface area contributed by atoms with Crippen LogP contribution in [0.4, 0.5) is 5.69 Å². The average molecular weight is 323 g/mol. The SMILES string of the molecule is CCOC(=O)c1ccc(Oc2ccc([N+](=O)[O-])cc2Cl)nc1. The second-order valence-electron chi connectivity index (χ2n) is 4.08. The predicted octanol–water partition coefficient (Wildman–Crippen LogP) is 3.61. The number of nitrogens with zero attached hydrogens (tertiary/aromatic N) is 2. The second kappa shape index (κ2) is 6.86. The maximum Gasteiger partial charge on any atom is 0.339 e. The monoisotopic (exact) mass is 322 g/mol. The lowest BCUT2D eigenvalue weighted by Gasteiger charge is -2.07. The van der Waals surface area contributed by atoms with Gasteiger partial charge in [-0.1, -0.05) is 11.6 Å². The number of nitro groups is 1. The summed E-state index contributed by atoms with van der Waals surface area (Å²) in [5.41, 5.74) is 0.159. The summed E-state index contributed by atoms with van der Waals surface area (Å²) in [6.07, 6.45) is 1.31. The summed E-state index contributed by atoms with van der Waals surface area (Å²) in [6, 6.07) is 6.81. The molecule has 1 aromatic heterocycles. The number of halogens is 1. The smallest absolute Gasteiger partial charge is 0.339 e. The number of pyridine rings is 1. The van der Waals surface area contributed by atoms with Crippen LogP contribution >= 0.6 is 11.6 Å². The van der Waals surface area contributed by atoms with Crippen LogP contribution in [0.15, 0.2) is 36.5 Å². The van der Waals surface area contributed by atoms with Crippen LogP contribution in [0.3, 0.4) is 0 Å². The van der Waals surface area contributed by atoms with Gasteiger partial charge in [0.25, 0.3) is 5.69 Å². The molecular weight excluding hydrogens is 312 g/mol. The van der Waals surface area contributed by atoms with Gasteiger partial charge in [0.15, 0.2) is 0 Å². The van der Waals surface area contributed by atoms with Crippen molar-refractivity contribution in [3.8, 4) is 11.6 Å². The van der Waals surface area contributed by atoms with E-state index in [1.54, 1.807) is 6.92 Å². The van der Waals surface area contributed by atoms with Crippen molar-refractivity contribution in [2.45, 2.75) is 6.92 Å². The molecule has 8 heteroatoms. The highest BCUT2D eigenvalue weighted by Gasteiger charge is 2.12. The molecule has 2 rings (SSSR count). The van der Waals surface area contributed by atoms with Gasteiger partial charge >= 0.3 is 5.97 Å². The van der Waals surface area contributed by atoms with Crippen molar-refractivity contribution in [2.75, 3.05) is 6.61 Å². The molecule has 0 spiro atoms. The quantitative estimate of drug-likeness (QED) is 0.474. The van der Waals surface area contributed by atoms with E-state index in [1.807, 2.05) is 0 Å². The third kappa shape index (κ3) is 3.70. The largest absolute Gasteiger partial charge is 0.462 e. The predicted molar refractivity (Wildman–Crippen MR) is 78.4 cm³/mol. The van der Waals surface area contributed by atoms with Crippen molar-refractivity contribution in [3.63, 3.8) is 0 Å². The van der Waals surface area contributed by atoms with Crippen molar-refractivity contribution in [1.29, 1.82) is 0 Å². The highest BCUT2D eigenvalue weighted by atomic mass is 35.5. The average Bonchev–Trinajstić information content (AvgIpc) is 2.50. The summed E-state index contributed by atoms with van der Waals surface area (Å²) in [6.45, 7) is 1.98. The molecule has 0 aliphatic heterocycles. The van der Waals surface area contributed by atoms with E-state index in [1.165, 1.54) is 36.5 Å². The Kier molecular flexibility index (Phi) is 4.90. The lowest BCUT2D eigenvalue weighted by molar-refractivity contribution is -0.384. The molecule has 0 aliphatic rings. The molecule has 114 valence electrons. The Morgan fingerprint density at radius 2 is 2.14 bits per heavy atom. The molecule has 0 saturated carbocycles. The number of non-ortho nitro benzene ring substituents is 1. The topological polar surface area (TPSA) is 91.6 Å². The first-order valence-electron chi connectivity index (χ1n) is 6.26. The van der Waals surface area contributed by atoms with Crippen LogP contribution in [-0.2, 0) is 4.74 Å². The first-order chi connectivity index (χ1) is 10.5. The molecule has 0 saturated heterocycles. The van der Waals surface area contributed by atoms with Crippen LogP contribution in [0, 0.1) is 10.1 Å². The van der Waals surface area contributed by atoms with Gasteiger partial charge in [-0.15, -0.1) is 0 Å². The number of esters is 1. The standard InChI is InChI=1S/C14H11ClN2O5/c1-2-21-14(18)9-3-6-13(16-8-9)22-12-5-4-10(17(19)20)7-11(12)15/h3-8H,2H2,1H3. The van der Waals surface area contributed by atoms with Gasteiger partial charge in [-0.25, -0.2) is 9.78 Å². The molecule has 7 nitrogen and oxygen atoms in total. The highest BCUT2D eigenvalue weighted by Crippen LogP contribution is 2.31. The van der Waals surface area contributed by atoms with Gasteiger partial charge in [-0.2, -0.15) is 0 Å². The number of nitro benzene ring substituents is 1. The second-order valence-corrected chi connectivity index (χ2v) is 4.49. The van der Waals surface area contributed by atoms with Crippen molar-refractivity contribution < 1.29 is 19.2 Å². The number of ether oxygens (including phenoxy) is 2. The molecule has 0 atom stereocenters. The van der Waals surface area contributed by atoms with E-state index in [0.29, 0.717) is 5.56 Å². The summed E-state index contributed by atoms with van der Waals surface area (Å²) in [4.78, 5) is 25.5. The fourth-order valence-corrected chi connectivity index (χ4v) is 1.79. The van der Waals surface area contributed by atoms with Crippen LogP contribution < -0.4 is 4.74 Å². The number of benzene rings is 1. The van der Waals surface area contributed by atoms with Crippen molar-refractivity contribution in [2.24, 2.45) is 0 Å². The van der Waals surface area contributed by atoms with E-state index in [-0.39, 0.29) is 28.9 Å². The van der Waals surface area contributed by atoms with Crippen molar-refractivity contribution in [1.82, 2.24) is 4.98 Å². The summed E-state index contributed by atoms with van der Waals surface area (Å²) in [7, 11) is 0. The fourth-order valence-electron chi connectivity index (χ4n) is 1.57. The van der Waals surface area contributed by atoms with E-state index >= 15 is 0 Å². The molecule has 0 unspecified atom stereocenters. The minimum Gasteiger partial charge on any atom is -0.462 e. The number of carbonyl (C=O) groups is 1. The first-order valence-corrected chi connectivity index (χ1v) is 6.64. The molecule has 0 amide bonds. The maximum atomic E-state index is 11.5. The van der Waals surface area contributed by atoms with Gasteiger partial charge in [0.05, 0.1) is 22.1 Å². The third-order valence-electron chi connectivity index (χ3n) is 2.59. The molecular formula is C14H11ClN2O5. The lowest BCUT2D eigenvalue weighted by atomic mass is 10.3. The normalized spacial score (nSPS) is 10.1. The molecule has 0 N–H and O–H groups in total. The van der Waals surface area contributed by atoms with Crippen molar-refractivity contribution >= 4 is 23.3 Å². The zero-order valence-corrected chi connectivity index (χ0v) is 12.2. The van der Waals surface area contributed by atoms with Crippen LogP contribution in [0.2, 0.25) is 5.02 Å². The van der Waals surface area contributed by atoms with Crippen molar-refractivity contribution in [3.05, 3.63) is 57.2 Å². The van der Waals surface area contributed by atoms with Crippen LogP contribution in [0.5, 0.6) is 11.6 Å². The molecule has 0 radical (unpaired) electrons. The number of carbonyl (C=O) groups excluding carboxylic acids is 1. The number of rotatable bonds is 5. The number of hydrogen-bond donors (Lipinski definition) is 0. The van der Waals surface area contributed by atoms with Crippen LogP contribution in [0.1, 0.15) is 17.3 Å². The molecule has 1 heterocycles. The lowest BCUT2D eigenvalue weighted by Crippen LogP contribution is -2.04. The Balaban J connectivity index is 2.14. The highest BCUT2D eigenvalue weighted by molar-refractivity contribution is 6.32. The maximum absolute atomic E-state index is 11.5.